The maximum Gasteiger partial charge on any atom is 0.119 e. The molecule has 100 valence electrons. The van der Waals surface area contributed by atoms with Gasteiger partial charge >= 0.3 is 0 Å². The molecule has 0 radical (unpaired) electrons. The van der Waals surface area contributed by atoms with Crippen LogP contribution in [-0.4, -0.2) is 25.6 Å². The predicted octanol–water partition coefficient (Wildman–Crippen LogP) is 3.71. The smallest absolute Gasteiger partial charge is 0.119 e. The third kappa shape index (κ3) is 4.02. The maximum atomic E-state index is 5.27. The van der Waals surface area contributed by atoms with Crippen LogP contribution < -0.4 is 4.74 Å². The molecule has 0 atom stereocenters. The molecule has 2 nitrogen and oxygen atoms in total. The number of nitrogens with zero attached hydrogens (tertiary/aromatic N) is 1. The monoisotopic (exact) mass is 247 g/mol. The Balaban J connectivity index is 1.83. The zero-order chi connectivity index (χ0) is 12.8. The van der Waals surface area contributed by atoms with Crippen LogP contribution >= 0.6 is 0 Å². The van der Waals surface area contributed by atoms with Crippen molar-refractivity contribution in [2.75, 3.05) is 20.7 Å². The lowest BCUT2D eigenvalue weighted by molar-refractivity contribution is 0.228. The van der Waals surface area contributed by atoms with E-state index in [9.17, 15) is 0 Å². The molecule has 0 bridgehead atoms. The molecule has 0 aromatic heterocycles. The molecule has 0 aliphatic heterocycles. The Hall–Kier alpha value is -1.02. The molecule has 1 aromatic carbocycles. The van der Waals surface area contributed by atoms with Gasteiger partial charge in [-0.3, -0.25) is 0 Å². The molecule has 2 rings (SSSR count). The molecular weight excluding hydrogens is 222 g/mol. The van der Waals surface area contributed by atoms with E-state index >= 15 is 0 Å². The summed E-state index contributed by atoms with van der Waals surface area (Å²) in [6.45, 7) is 2.25. The predicted molar refractivity (Wildman–Crippen MR) is 75.9 cm³/mol. The zero-order valence-corrected chi connectivity index (χ0v) is 11.7. The Kier molecular flexibility index (Phi) is 5.06. The molecule has 2 heteroatoms. The summed E-state index contributed by atoms with van der Waals surface area (Å²) in [6, 6.07) is 8.39. The molecule has 1 saturated carbocycles. The van der Waals surface area contributed by atoms with Gasteiger partial charge in [-0.15, -0.1) is 0 Å². The number of hydrogen-bond donors (Lipinski definition) is 0. The van der Waals surface area contributed by atoms with Crippen LogP contribution in [-0.2, 0) is 6.54 Å². The summed E-state index contributed by atoms with van der Waals surface area (Å²) in [4.78, 5) is 2.45. The Morgan fingerprint density at radius 3 is 2.72 bits per heavy atom. The Morgan fingerprint density at radius 1 is 1.22 bits per heavy atom. The minimum atomic E-state index is 0.911. The average molecular weight is 247 g/mol. The molecule has 0 amide bonds. The highest BCUT2D eigenvalue weighted by Gasteiger charge is 2.15. The van der Waals surface area contributed by atoms with E-state index in [0.717, 1.165) is 18.2 Å². The van der Waals surface area contributed by atoms with Crippen molar-refractivity contribution in [2.45, 2.75) is 38.6 Å². The van der Waals surface area contributed by atoms with Gasteiger partial charge in [0.25, 0.3) is 0 Å². The van der Waals surface area contributed by atoms with Crippen molar-refractivity contribution in [3.8, 4) is 5.75 Å². The highest BCUT2D eigenvalue weighted by molar-refractivity contribution is 5.28. The molecule has 0 heterocycles. The van der Waals surface area contributed by atoms with E-state index in [1.807, 2.05) is 6.07 Å². The third-order valence-electron chi connectivity index (χ3n) is 3.88. The SMILES string of the molecule is COc1cccc(CN(C)CC2CCCCC2)c1. The number of benzene rings is 1. The first-order chi connectivity index (χ1) is 8.78. The first kappa shape index (κ1) is 13.4. The first-order valence-corrected chi connectivity index (χ1v) is 7.09. The number of methoxy groups -OCH3 is 1. The van der Waals surface area contributed by atoms with Crippen molar-refractivity contribution in [2.24, 2.45) is 5.92 Å². The molecule has 1 aliphatic rings. The van der Waals surface area contributed by atoms with Gasteiger partial charge in [0.2, 0.25) is 0 Å². The van der Waals surface area contributed by atoms with Crippen molar-refractivity contribution in [1.82, 2.24) is 4.90 Å². The van der Waals surface area contributed by atoms with Crippen LogP contribution in [0.1, 0.15) is 37.7 Å². The van der Waals surface area contributed by atoms with E-state index in [0.29, 0.717) is 0 Å². The first-order valence-electron chi connectivity index (χ1n) is 7.09. The second-order valence-electron chi connectivity index (χ2n) is 5.55. The van der Waals surface area contributed by atoms with Gasteiger partial charge in [0.05, 0.1) is 7.11 Å². The van der Waals surface area contributed by atoms with Crippen LogP contribution in [0.5, 0.6) is 5.75 Å². The van der Waals surface area contributed by atoms with Crippen LogP contribution in [0.3, 0.4) is 0 Å². The molecule has 1 aliphatic carbocycles. The van der Waals surface area contributed by atoms with Gasteiger partial charge in [0.1, 0.15) is 5.75 Å². The molecule has 18 heavy (non-hydrogen) atoms. The summed E-state index contributed by atoms with van der Waals surface area (Å²) in [5.41, 5.74) is 1.34. The zero-order valence-electron chi connectivity index (χ0n) is 11.7. The highest BCUT2D eigenvalue weighted by atomic mass is 16.5. The van der Waals surface area contributed by atoms with E-state index in [4.69, 9.17) is 4.74 Å². The lowest BCUT2D eigenvalue weighted by atomic mass is 9.89. The average Bonchev–Trinajstić information content (AvgIpc) is 2.40. The summed E-state index contributed by atoms with van der Waals surface area (Å²) >= 11 is 0. The topological polar surface area (TPSA) is 12.5 Å². The van der Waals surface area contributed by atoms with Gasteiger partial charge in [-0.1, -0.05) is 31.4 Å². The van der Waals surface area contributed by atoms with Gasteiger partial charge < -0.3 is 9.64 Å². The molecule has 1 aromatic rings. The lowest BCUT2D eigenvalue weighted by Gasteiger charge is -2.27. The number of rotatable bonds is 5. The van der Waals surface area contributed by atoms with Crippen molar-refractivity contribution in [1.29, 1.82) is 0 Å². The minimum Gasteiger partial charge on any atom is -0.497 e. The number of ether oxygens (including phenoxy) is 1. The van der Waals surface area contributed by atoms with Gasteiger partial charge in [-0.2, -0.15) is 0 Å². The molecule has 0 N–H and O–H groups in total. The number of hydrogen-bond acceptors (Lipinski definition) is 2. The standard InChI is InChI=1S/C16H25NO/c1-17(12-14-7-4-3-5-8-14)13-15-9-6-10-16(11-15)18-2/h6,9-11,14H,3-5,7-8,12-13H2,1-2H3. The van der Waals surface area contributed by atoms with Gasteiger partial charge in [0, 0.05) is 13.1 Å². The van der Waals surface area contributed by atoms with E-state index in [-0.39, 0.29) is 0 Å². The van der Waals surface area contributed by atoms with Crippen LogP contribution in [0.4, 0.5) is 0 Å². The second kappa shape index (κ2) is 6.79. The summed E-state index contributed by atoms with van der Waals surface area (Å²) in [5, 5.41) is 0. The summed E-state index contributed by atoms with van der Waals surface area (Å²) < 4.78 is 5.27. The normalized spacial score (nSPS) is 17.1. The van der Waals surface area contributed by atoms with Crippen LogP contribution in [0.2, 0.25) is 0 Å². The van der Waals surface area contributed by atoms with Gasteiger partial charge in [-0.25, -0.2) is 0 Å². The summed E-state index contributed by atoms with van der Waals surface area (Å²) in [7, 11) is 3.96. The van der Waals surface area contributed by atoms with Crippen molar-refractivity contribution >= 4 is 0 Å². The quantitative estimate of drug-likeness (QED) is 0.786. The fraction of sp³-hybridized carbons (Fsp3) is 0.625. The molecule has 1 fully saturated rings. The lowest BCUT2D eigenvalue weighted by Crippen LogP contribution is -2.26. The van der Waals surface area contributed by atoms with E-state index < -0.39 is 0 Å². The highest BCUT2D eigenvalue weighted by Crippen LogP contribution is 2.24. The summed E-state index contributed by atoms with van der Waals surface area (Å²) in [6.07, 6.45) is 7.14. The van der Waals surface area contributed by atoms with E-state index in [1.165, 1.54) is 44.2 Å². The van der Waals surface area contributed by atoms with Gasteiger partial charge in [0.15, 0.2) is 0 Å². The molecule has 0 unspecified atom stereocenters. The van der Waals surface area contributed by atoms with Gasteiger partial charge in [-0.05, 0) is 43.5 Å². The van der Waals surface area contributed by atoms with Crippen molar-refractivity contribution in [3.63, 3.8) is 0 Å². The fourth-order valence-corrected chi connectivity index (χ4v) is 2.96. The van der Waals surface area contributed by atoms with Crippen molar-refractivity contribution in [3.05, 3.63) is 29.8 Å². The van der Waals surface area contributed by atoms with Crippen LogP contribution in [0, 0.1) is 5.92 Å². The van der Waals surface area contributed by atoms with E-state index in [1.54, 1.807) is 7.11 Å². The third-order valence-corrected chi connectivity index (χ3v) is 3.88. The Labute approximate surface area is 111 Å². The summed E-state index contributed by atoms with van der Waals surface area (Å²) in [5.74, 6) is 1.87. The molecular formula is C16H25NO. The van der Waals surface area contributed by atoms with Crippen LogP contribution in [0.25, 0.3) is 0 Å². The molecule has 0 saturated heterocycles. The Morgan fingerprint density at radius 2 is 2.00 bits per heavy atom. The maximum absolute atomic E-state index is 5.27. The fourth-order valence-electron chi connectivity index (χ4n) is 2.96. The molecule has 0 spiro atoms. The largest absolute Gasteiger partial charge is 0.497 e. The Bertz CT molecular complexity index is 358. The van der Waals surface area contributed by atoms with Crippen LogP contribution in [0.15, 0.2) is 24.3 Å². The second-order valence-corrected chi connectivity index (χ2v) is 5.55. The van der Waals surface area contributed by atoms with Crippen molar-refractivity contribution < 1.29 is 4.74 Å². The minimum absolute atomic E-state index is 0.911. The van der Waals surface area contributed by atoms with E-state index in [2.05, 4.69) is 30.1 Å².